The summed E-state index contributed by atoms with van der Waals surface area (Å²) in [6, 6.07) is 5.52. The molecule has 1 aromatic carbocycles. The highest BCUT2D eigenvalue weighted by atomic mass is 79.9. The van der Waals surface area contributed by atoms with Gasteiger partial charge in [0.15, 0.2) is 0 Å². The van der Waals surface area contributed by atoms with Crippen LogP contribution in [0.2, 0.25) is 0 Å². The smallest absolute Gasteiger partial charge is 0.338 e. The summed E-state index contributed by atoms with van der Waals surface area (Å²) in [6.45, 7) is 0. The first kappa shape index (κ1) is 10.6. The van der Waals surface area contributed by atoms with Gasteiger partial charge in [-0.2, -0.15) is 0 Å². The number of halogens is 2. The monoisotopic (exact) mass is 329 g/mol. The lowest BCUT2D eigenvalue weighted by Crippen LogP contribution is -1.99. The van der Waals surface area contributed by atoms with Gasteiger partial charge in [-0.15, -0.1) is 0 Å². The summed E-state index contributed by atoms with van der Waals surface area (Å²) < 4.78 is 1.45. The fourth-order valence-electron chi connectivity index (χ4n) is 1.28. The van der Waals surface area contributed by atoms with Gasteiger partial charge in [0.2, 0.25) is 0 Å². The summed E-state index contributed by atoms with van der Waals surface area (Å²) in [4.78, 5) is 14.9. The topological polar surface area (TPSA) is 50.2 Å². The third-order valence-corrected chi connectivity index (χ3v) is 3.34. The molecule has 0 unspecified atom stereocenters. The van der Waals surface area contributed by atoms with E-state index in [0.717, 1.165) is 15.4 Å². The van der Waals surface area contributed by atoms with E-state index in [2.05, 4.69) is 36.8 Å². The molecule has 0 saturated heterocycles. The van der Waals surface area contributed by atoms with Crippen LogP contribution in [0, 0.1) is 0 Å². The van der Waals surface area contributed by atoms with Crippen LogP contribution in [0.1, 0.15) is 10.4 Å². The van der Waals surface area contributed by atoms with Crippen molar-refractivity contribution >= 4 is 48.7 Å². The van der Waals surface area contributed by atoms with E-state index in [-0.39, 0.29) is 5.56 Å². The van der Waals surface area contributed by atoms with Crippen molar-refractivity contribution in [2.24, 2.45) is 0 Å². The largest absolute Gasteiger partial charge is 0.478 e. The summed E-state index contributed by atoms with van der Waals surface area (Å²) in [7, 11) is 0. The van der Waals surface area contributed by atoms with Crippen LogP contribution in [-0.2, 0) is 0 Å². The summed E-state index contributed by atoms with van der Waals surface area (Å²) in [5.41, 5.74) is 0.927. The molecule has 0 amide bonds. The Hall–Kier alpha value is -0.940. The van der Waals surface area contributed by atoms with Crippen LogP contribution in [-0.4, -0.2) is 16.1 Å². The van der Waals surface area contributed by atoms with Crippen LogP contribution in [0.5, 0.6) is 0 Å². The molecule has 0 saturated carbocycles. The van der Waals surface area contributed by atoms with E-state index in [1.165, 1.54) is 6.20 Å². The fraction of sp³-hybridized carbons (Fsp3) is 0. The number of aromatic nitrogens is 1. The molecule has 0 aliphatic rings. The zero-order chi connectivity index (χ0) is 11.0. The van der Waals surface area contributed by atoms with Crippen molar-refractivity contribution in [3.63, 3.8) is 0 Å². The molecule has 2 aromatic rings. The van der Waals surface area contributed by atoms with Crippen molar-refractivity contribution in [3.8, 4) is 0 Å². The Bertz CT molecular complexity index is 554. The van der Waals surface area contributed by atoms with Gasteiger partial charge < -0.3 is 5.11 Å². The Balaban J connectivity index is 2.82. The molecule has 1 heterocycles. The Kier molecular flexibility index (Phi) is 2.75. The minimum atomic E-state index is -0.990. The highest BCUT2D eigenvalue weighted by Gasteiger charge is 2.12. The normalized spacial score (nSPS) is 10.5. The van der Waals surface area contributed by atoms with Gasteiger partial charge in [0.1, 0.15) is 0 Å². The molecule has 0 atom stereocenters. The van der Waals surface area contributed by atoms with Crippen molar-refractivity contribution in [3.05, 3.63) is 38.9 Å². The number of hydrogen-bond acceptors (Lipinski definition) is 2. The molecule has 0 fully saturated rings. The number of nitrogens with zero attached hydrogens (tertiary/aromatic N) is 1. The maximum absolute atomic E-state index is 10.9. The van der Waals surface area contributed by atoms with Crippen molar-refractivity contribution in [1.82, 2.24) is 4.98 Å². The molecular weight excluding hydrogens is 326 g/mol. The fourth-order valence-corrected chi connectivity index (χ4v) is 2.23. The highest BCUT2D eigenvalue weighted by molar-refractivity contribution is 9.11. The van der Waals surface area contributed by atoms with E-state index in [1.54, 1.807) is 0 Å². The summed E-state index contributed by atoms with van der Waals surface area (Å²) in [6.07, 6.45) is 1.35. The molecule has 2 rings (SSSR count). The second-order valence-electron chi connectivity index (χ2n) is 2.95. The van der Waals surface area contributed by atoms with Gasteiger partial charge in [0.05, 0.1) is 11.1 Å². The summed E-state index contributed by atoms with van der Waals surface area (Å²) >= 11 is 6.61. The molecular formula is C10H5Br2NO2. The standard InChI is InChI=1S/C10H5Br2NO2/c11-5-1-2-8-6(3-5)9(12)7(4-13-8)10(14)15/h1-4H,(H,14,15). The number of aromatic carboxylic acids is 1. The molecule has 5 heteroatoms. The number of pyridine rings is 1. The lowest BCUT2D eigenvalue weighted by Gasteiger charge is -2.03. The molecule has 0 radical (unpaired) electrons. The number of fused-ring (bicyclic) bond motifs is 1. The number of carboxylic acid groups (broad SMARTS) is 1. The maximum Gasteiger partial charge on any atom is 0.338 e. The summed E-state index contributed by atoms with van der Waals surface area (Å²) in [5, 5.41) is 9.69. The van der Waals surface area contributed by atoms with Crippen LogP contribution in [0.15, 0.2) is 33.3 Å². The second-order valence-corrected chi connectivity index (χ2v) is 4.66. The molecule has 1 aromatic heterocycles. The number of rotatable bonds is 1. The number of hydrogen-bond donors (Lipinski definition) is 1. The van der Waals surface area contributed by atoms with Crippen molar-refractivity contribution in [1.29, 1.82) is 0 Å². The molecule has 76 valence electrons. The Labute approximate surface area is 102 Å². The predicted octanol–water partition coefficient (Wildman–Crippen LogP) is 3.46. The third kappa shape index (κ3) is 1.89. The van der Waals surface area contributed by atoms with Gasteiger partial charge in [-0.05, 0) is 34.1 Å². The van der Waals surface area contributed by atoms with Crippen molar-refractivity contribution in [2.45, 2.75) is 0 Å². The zero-order valence-electron chi connectivity index (χ0n) is 7.37. The molecule has 1 N–H and O–H groups in total. The quantitative estimate of drug-likeness (QED) is 0.871. The highest BCUT2D eigenvalue weighted by Crippen LogP contribution is 2.28. The first-order chi connectivity index (χ1) is 7.09. The van der Waals surface area contributed by atoms with Crippen LogP contribution in [0.3, 0.4) is 0 Å². The van der Waals surface area contributed by atoms with Crippen molar-refractivity contribution < 1.29 is 9.90 Å². The lowest BCUT2D eigenvalue weighted by molar-refractivity contribution is 0.0695. The lowest BCUT2D eigenvalue weighted by atomic mass is 10.1. The molecule has 0 spiro atoms. The van der Waals surface area contributed by atoms with Crippen LogP contribution in [0.4, 0.5) is 0 Å². The van der Waals surface area contributed by atoms with Crippen LogP contribution < -0.4 is 0 Å². The maximum atomic E-state index is 10.9. The van der Waals surface area contributed by atoms with Crippen LogP contribution >= 0.6 is 31.9 Å². The van der Waals surface area contributed by atoms with Gasteiger partial charge >= 0.3 is 5.97 Å². The number of benzene rings is 1. The minimum absolute atomic E-state index is 0.167. The van der Waals surface area contributed by atoms with Gasteiger partial charge in [0, 0.05) is 20.5 Å². The second kappa shape index (κ2) is 3.90. The zero-order valence-corrected chi connectivity index (χ0v) is 10.5. The van der Waals surface area contributed by atoms with Gasteiger partial charge in [-0.25, -0.2) is 4.79 Å². The van der Waals surface area contributed by atoms with Crippen LogP contribution in [0.25, 0.3) is 10.9 Å². The van der Waals surface area contributed by atoms with Gasteiger partial charge in [0.25, 0.3) is 0 Å². The molecule has 3 nitrogen and oxygen atoms in total. The van der Waals surface area contributed by atoms with E-state index >= 15 is 0 Å². The van der Waals surface area contributed by atoms with Gasteiger partial charge in [-0.1, -0.05) is 15.9 Å². The summed E-state index contributed by atoms with van der Waals surface area (Å²) in [5.74, 6) is -0.990. The molecule has 0 bridgehead atoms. The van der Waals surface area contributed by atoms with Gasteiger partial charge in [-0.3, -0.25) is 4.98 Å². The Morgan fingerprint density at radius 2 is 2.07 bits per heavy atom. The van der Waals surface area contributed by atoms with Crippen molar-refractivity contribution in [2.75, 3.05) is 0 Å². The predicted molar refractivity (Wildman–Crippen MR) is 64.1 cm³/mol. The first-order valence-electron chi connectivity index (χ1n) is 4.06. The van der Waals surface area contributed by atoms with E-state index in [1.807, 2.05) is 18.2 Å². The average molecular weight is 331 g/mol. The average Bonchev–Trinajstić information content (AvgIpc) is 2.19. The SMILES string of the molecule is O=C(O)c1cnc2ccc(Br)cc2c1Br. The molecule has 15 heavy (non-hydrogen) atoms. The number of carboxylic acids is 1. The van der Waals surface area contributed by atoms with E-state index in [0.29, 0.717) is 4.47 Å². The third-order valence-electron chi connectivity index (χ3n) is 1.99. The first-order valence-corrected chi connectivity index (χ1v) is 5.65. The Morgan fingerprint density at radius 1 is 1.33 bits per heavy atom. The van der Waals surface area contributed by atoms with E-state index in [9.17, 15) is 4.79 Å². The Morgan fingerprint density at radius 3 is 2.73 bits per heavy atom. The molecule has 0 aliphatic heterocycles. The molecule has 0 aliphatic carbocycles. The minimum Gasteiger partial charge on any atom is -0.478 e. The van der Waals surface area contributed by atoms with E-state index < -0.39 is 5.97 Å². The number of carbonyl (C=O) groups is 1. The van der Waals surface area contributed by atoms with E-state index in [4.69, 9.17) is 5.11 Å².